The van der Waals surface area contributed by atoms with Crippen LogP contribution in [0.5, 0.6) is 0 Å². The van der Waals surface area contributed by atoms with Gasteiger partial charge in [-0.1, -0.05) is 30.3 Å². The Morgan fingerprint density at radius 3 is 2.33 bits per heavy atom. The molecule has 1 saturated heterocycles. The summed E-state index contributed by atoms with van der Waals surface area (Å²) >= 11 is 0. The van der Waals surface area contributed by atoms with Gasteiger partial charge in [0.05, 0.1) is 6.54 Å². The Hall–Kier alpha value is -3.08. The molecule has 0 radical (unpaired) electrons. The molecule has 1 heterocycles. The molecule has 0 atom stereocenters. The first-order valence-corrected chi connectivity index (χ1v) is 9.20. The first-order chi connectivity index (χ1) is 13.2. The molecule has 0 saturated carbocycles. The minimum Gasteiger partial charge on any atom is -0.376 e. The van der Waals surface area contributed by atoms with E-state index in [4.69, 9.17) is 0 Å². The number of fused-ring (bicyclic) bond motifs is 1. The van der Waals surface area contributed by atoms with Crippen LogP contribution in [0.25, 0.3) is 10.8 Å². The maximum absolute atomic E-state index is 13.1. The van der Waals surface area contributed by atoms with E-state index in [9.17, 15) is 9.18 Å². The van der Waals surface area contributed by atoms with E-state index in [2.05, 4.69) is 34.5 Å². The molecule has 3 aromatic carbocycles. The fourth-order valence-corrected chi connectivity index (χ4v) is 3.45. The highest BCUT2D eigenvalue weighted by Gasteiger charge is 2.21. The lowest BCUT2D eigenvalue weighted by molar-refractivity contribution is -0.129. The van der Waals surface area contributed by atoms with E-state index in [1.165, 1.54) is 17.5 Å². The van der Waals surface area contributed by atoms with Crippen molar-refractivity contribution in [3.05, 3.63) is 72.5 Å². The van der Waals surface area contributed by atoms with E-state index in [0.29, 0.717) is 13.1 Å². The van der Waals surface area contributed by atoms with Gasteiger partial charge in [-0.15, -0.1) is 0 Å². The van der Waals surface area contributed by atoms with Crippen molar-refractivity contribution in [3.8, 4) is 0 Å². The first-order valence-electron chi connectivity index (χ1n) is 9.20. The van der Waals surface area contributed by atoms with Gasteiger partial charge in [-0.25, -0.2) is 4.39 Å². The van der Waals surface area contributed by atoms with Crippen molar-refractivity contribution < 1.29 is 9.18 Å². The summed E-state index contributed by atoms with van der Waals surface area (Å²) in [6.07, 6.45) is 0. The summed E-state index contributed by atoms with van der Waals surface area (Å²) in [5, 5.41) is 5.58. The number of carbonyl (C=O) groups is 1. The van der Waals surface area contributed by atoms with Crippen LogP contribution in [0, 0.1) is 5.82 Å². The summed E-state index contributed by atoms with van der Waals surface area (Å²) < 4.78 is 13.1. The molecule has 0 unspecified atom stereocenters. The Morgan fingerprint density at radius 2 is 1.59 bits per heavy atom. The molecule has 138 valence electrons. The maximum atomic E-state index is 13.1. The van der Waals surface area contributed by atoms with Crippen LogP contribution in [0.15, 0.2) is 66.7 Å². The van der Waals surface area contributed by atoms with Crippen molar-refractivity contribution in [3.63, 3.8) is 0 Å². The normalized spacial score (nSPS) is 14.4. The number of amides is 1. The first kappa shape index (κ1) is 17.3. The molecule has 3 aromatic rings. The summed E-state index contributed by atoms with van der Waals surface area (Å²) in [7, 11) is 0. The van der Waals surface area contributed by atoms with Crippen LogP contribution in [0.4, 0.5) is 15.8 Å². The number of halogens is 1. The molecule has 5 heteroatoms. The molecule has 1 aliphatic heterocycles. The average molecular weight is 363 g/mol. The number of rotatable bonds is 4. The topological polar surface area (TPSA) is 35.6 Å². The molecule has 1 fully saturated rings. The molecule has 4 rings (SSSR count). The molecule has 0 aliphatic carbocycles. The van der Waals surface area contributed by atoms with Crippen molar-refractivity contribution in [2.24, 2.45) is 0 Å². The van der Waals surface area contributed by atoms with E-state index >= 15 is 0 Å². The van der Waals surface area contributed by atoms with Crippen molar-refractivity contribution in [1.29, 1.82) is 0 Å². The van der Waals surface area contributed by atoms with Crippen LogP contribution in [0.2, 0.25) is 0 Å². The zero-order valence-corrected chi connectivity index (χ0v) is 15.1. The largest absolute Gasteiger partial charge is 0.376 e. The number of nitrogens with zero attached hydrogens (tertiary/aromatic N) is 2. The van der Waals surface area contributed by atoms with E-state index in [1.54, 1.807) is 12.1 Å². The molecule has 0 bridgehead atoms. The Balaban J connectivity index is 1.30. The maximum Gasteiger partial charge on any atom is 0.241 e. The predicted octanol–water partition coefficient (Wildman–Crippen LogP) is 3.74. The number of benzene rings is 3. The Morgan fingerprint density at radius 1 is 0.889 bits per heavy atom. The molecule has 1 N–H and O–H groups in total. The number of anilines is 2. The van der Waals surface area contributed by atoms with Crippen LogP contribution >= 0.6 is 0 Å². The number of hydrogen-bond donors (Lipinski definition) is 1. The summed E-state index contributed by atoms with van der Waals surface area (Å²) in [5.41, 5.74) is 1.95. The van der Waals surface area contributed by atoms with Crippen molar-refractivity contribution in [1.82, 2.24) is 4.90 Å². The van der Waals surface area contributed by atoms with Gasteiger partial charge in [0.25, 0.3) is 0 Å². The van der Waals surface area contributed by atoms with Crippen LogP contribution in [-0.2, 0) is 4.79 Å². The Bertz CT molecular complexity index is 934. The lowest BCUT2D eigenvalue weighted by Gasteiger charge is -2.36. The van der Waals surface area contributed by atoms with Gasteiger partial charge < -0.3 is 15.1 Å². The zero-order chi connectivity index (χ0) is 18.6. The molecule has 1 aliphatic rings. The Kier molecular flexibility index (Phi) is 4.92. The fraction of sp³-hybridized carbons (Fsp3) is 0.227. The van der Waals surface area contributed by atoms with Gasteiger partial charge in [-0.05, 0) is 47.2 Å². The lowest BCUT2D eigenvalue weighted by atomic mass is 10.1. The van der Waals surface area contributed by atoms with E-state index in [-0.39, 0.29) is 18.3 Å². The second-order valence-electron chi connectivity index (χ2n) is 6.76. The monoisotopic (exact) mass is 363 g/mol. The van der Waals surface area contributed by atoms with Gasteiger partial charge in [-0.2, -0.15) is 0 Å². The summed E-state index contributed by atoms with van der Waals surface area (Å²) in [6, 6.07) is 20.8. The molecule has 0 aromatic heterocycles. The number of nitrogens with one attached hydrogen (secondary N) is 1. The highest BCUT2D eigenvalue weighted by Crippen LogP contribution is 2.19. The van der Waals surface area contributed by atoms with Crippen molar-refractivity contribution >= 4 is 28.1 Å². The number of carbonyl (C=O) groups excluding carboxylic acids is 1. The van der Waals surface area contributed by atoms with Gasteiger partial charge >= 0.3 is 0 Å². The SMILES string of the molecule is O=C(CNc1ccc2ccccc2c1)N1CCN(c2ccc(F)cc2)CC1. The van der Waals surface area contributed by atoms with Gasteiger partial charge in [0, 0.05) is 37.6 Å². The summed E-state index contributed by atoms with van der Waals surface area (Å²) in [6.45, 7) is 3.15. The average Bonchev–Trinajstić information content (AvgIpc) is 2.72. The molecule has 0 spiro atoms. The van der Waals surface area contributed by atoms with Crippen LogP contribution in [0.3, 0.4) is 0 Å². The highest BCUT2D eigenvalue weighted by atomic mass is 19.1. The summed E-state index contributed by atoms with van der Waals surface area (Å²) in [5.74, 6) is -0.130. The van der Waals surface area contributed by atoms with Gasteiger partial charge in [0.2, 0.25) is 5.91 Å². The third-order valence-electron chi connectivity index (χ3n) is 5.02. The smallest absolute Gasteiger partial charge is 0.241 e. The quantitative estimate of drug-likeness (QED) is 0.767. The highest BCUT2D eigenvalue weighted by molar-refractivity contribution is 5.87. The third kappa shape index (κ3) is 4.03. The Labute approximate surface area is 158 Å². The third-order valence-corrected chi connectivity index (χ3v) is 5.02. The number of hydrogen-bond acceptors (Lipinski definition) is 3. The van der Waals surface area contributed by atoms with E-state index in [1.807, 2.05) is 23.1 Å². The van der Waals surface area contributed by atoms with Crippen molar-refractivity contribution in [2.75, 3.05) is 42.9 Å². The molecular weight excluding hydrogens is 341 g/mol. The van der Waals surface area contributed by atoms with E-state index in [0.717, 1.165) is 29.9 Å². The minimum absolute atomic E-state index is 0.0990. The van der Waals surface area contributed by atoms with Gasteiger partial charge in [0.15, 0.2) is 0 Å². The second kappa shape index (κ2) is 7.66. The molecule has 27 heavy (non-hydrogen) atoms. The van der Waals surface area contributed by atoms with Crippen LogP contribution in [0.1, 0.15) is 0 Å². The van der Waals surface area contributed by atoms with Crippen LogP contribution in [-0.4, -0.2) is 43.5 Å². The number of piperazine rings is 1. The standard InChI is InChI=1S/C22H22FN3O/c23-19-6-9-21(10-7-19)25-11-13-26(14-12-25)22(27)16-24-20-8-5-17-3-1-2-4-18(17)15-20/h1-10,15,24H,11-14,16H2. The molecular formula is C22H22FN3O. The second-order valence-corrected chi connectivity index (χ2v) is 6.76. The van der Waals surface area contributed by atoms with Gasteiger partial charge in [-0.3, -0.25) is 4.79 Å². The summed E-state index contributed by atoms with van der Waals surface area (Å²) in [4.78, 5) is 16.6. The van der Waals surface area contributed by atoms with Crippen molar-refractivity contribution in [2.45, 2.75) is 0 Å². The fourth-order valence-electron chi connectivity index (χ4n) is 3.45. The predicted molar refractivity (Wildman–Crippen MR) is 108 cm³/mol. The minimum atomic E-state index is -0.229. The van der Waals surface area contributed by atoms with Gasteiger partial charge in [0.1, 0.15) is 5.82 Å². The molecule has 4 nitrogen and oxygen atoms in total. The lowest BCUT2D eigenvalue weighted by Crippen LogP contribution is -2.50. The van der Waals surface area contributed by atoms with Crippen LogP contribution < -0.4 is 10.2 Å². The molecule has 1 amide bonds. The van der Waals surface area contributed by atoms with E-state index < -0.39 is 0 Å². The zero-order valence-electron chi connectivity index (χ0n) is 15.1.